The van der Waals surface area contributed by atoms with E-state index in [-0.39, 0.29) is 5.91 Å². The van der Waals surface area contributed by atoms with E-state index in [1.807, 2.05) is 42.5 Å². The van der Waals surface area contributed by atoms with E-state index >= 15 is 0 Å². The number of benzene rings is 2. The molecule has 0 aliphatic heterocycles. The van der Waals surface area contributed by atoms with Gasteiger partial charge in [-0.15, -0.1) is 0 Å². The minimum absolute atomic E-state index is 0.174. The van der Waals surface area contributed by atoms with Crippen molar-refractivity contribution >= 4 is 5.91 Å². The third-order valence-corrected chi connectivity index (χ3v) is 3.94. The highest BCUT2D eigenvalue weighted by Gasteiger charge is 2.29. The molecule has 0 radical (unpaired) electrons. The SMILES string of the molecule is CC(C)c1ccc(CNC(=O)C(C)(N)c2ccccc2)cc1. The van der Waals surface area contributed by atoms with Crippen molar-refractivity contribution in [1.82, 2.24) is 5.32 Å². The first-order chi connectivity index (χ1) is 10.4. The maximum Gasteiger partial charge on any atom is 0.244 e. The van der Waals surface area contributed by atoms with Gasteiger partial charge in [-0.25, -0.2) is 0 Å². The summed E-state index contributed by atoms with van der Waals surface area (Å²) in [7, 11) is 0. The number of hydrogen-bond donors (Lipinski definition) is 2. The molecule has 0 spiro atoms. The Morgan fingerprint density at radius 3 is 2.23 bits per heavy atom. The van der Waals surface area contributed by atoms with Gasteiger partial charge < -0.3 is 11.1 Å². The van der Waals surface area contributed by atoms with Crippen LogP contribution in [-0.2, 0) is 16.9 Å². The highest BCUT2D eigenvalue weighted by molar-refractivity contribution is 5.86. The molecular weight excluding hydrogens is 272 g/mol. The Labute approximate surface area is 132 Å². The van der Waals surface area contributed by atoms with Crippen LogP contribution in [0.1, 0.15) is 43.4 Å². The third kappa shape index (κ3) is 3.74. The van der Waals surface area contributed by atoms with Crippen molar-refractivity contribution in [2.75, 3.05) is 0 Å². The van der Waals surface area contributed by atoms with Gasteiger partial charge in [-0.1, -0.05) is 68.4 Å². The molecule has 3 heteroatoms. The van der Waals surface area contributed by atoms with E-state index in [0.29, 0.717) is 12.5 Å². The third-order valence-electron chi connectivity index (χ3n) is 3.94. The normalized spacial score (nSPS) is 13.7. The molecule has 0 fully saturated rings. The van der Waals surface area contributed by atoms with E-state index in [9.17, 15) is 4.79 Å². The first-order valence-corrected chi connectivity index (χ1v) is 7.63. The highest BCUT2D eigenvalue weighted by Crippen LogP contribution is 2.18. The van der Waals surface area contributed by atoms with Crippen molar-refractivity contribution in [3.8, 4) is 0 Å². The van der Waals surface area contributed by atoms with Crippen molar-refractivity contribution in [3.05, 3.63) is 71.3 Å². The largest absolute Gasteiger partial charge is 0.350 e. The maximum absolute atomic E-state index is 12.4. The average Bonchev–Trinajstić information content (AvgIpc) is 2.53. The van der Waals surface area contributed by atoms with Crippen LogP contribution in [0.15, 0.2) is 54.6 Å². The minimum Gasteiger partial charge on any atom is -0.350 e. The fraction of sp³-hybridized carbons (Fsp3) is 0.316. The van der Waals surface area contributed by atoms with E-state index in [1.54, 1.807) is 6.92 Å². The molecule has 0 saturated carbocycles. The van der Waals surface area contributed by atoms with Gasteiger partial charge in [-0.3, -0.25) is 4.79 Å². The van der Waals surface area contributed by atoms with Gasteiger partial charge in [-0.05, 0) is 29.5 Å². The molecule has 0 aromatic heterocycles. The predicted molar refractivity (Wildman–Crippen MR) is 90.4 cm³/mol. The first kappa shape index (κ1) is 16.2. The highest BCUT2D eigenvalue weighted by atomic mass is 16.2. The number of nitrogens with two attached hydrogens (primary N) is 1. The summed E-state index contributed by atoms with van der Waals surface area (Å²) in [5.74, 6) is 0.334. The Bertz CT molecular complexity index is 616. The van der Waals surface area contributed by atoms with Gasteiger partial charge >= 0.3 is 0 Å². The Morgan fingerprint density at radius 1 is 1.09 bits per heavy atom. The summed E-state index contributed by atoms with van der Waals surface area (Å²) in [6.45, 7) is 6.55. The number of nitrogens with one attached hydrogen (secondary N) is 1. The van der Waals surface area contributed by atoms with E-state index in [4.69, 9.17) is 5.73 Å². The van der Waals surface area contributed by atoms with E-state index in [2.05, 4.69) is 31.3 Å². The molecule has 0 heterocycles. The summed E-state index contributed by atoms with van der Waals surface area (Å²) in [6, 6.07) is 17.7. The standard InChI is InChI=1S/C19H24N2O/c1-14(2)16-11-9-15(10-12-16)13-21-18(22)19(3,20)17-7-5-4-6-8-17/h4-12,14H,13,20H2,1-3H3,(H,21,22). The number of carbonyl (C=O) groups excluding carboxylic acids is 1. The predicted octanol–water partition coefficient (Wildman–Crippen LogP) is 3.30. The molecule has 2 rings (SSSR count). The average molecular weight is 296 g/mol. The van der Waals surface area contributed by atoms with Crippen molar-refractivity contribution in [2.45, 2.75) is 38.8 Å². The van der Waals surface area contributed by atoms with Crippen LogP contribution in [0, 0.1) is 0 Å². The number of amides is 1. The molecule has 3 N–H and O–H groups in total. The van der Waals surface area contributed by atoms with Crippen LogP contribution in [0.5, 0.6) is 0 Å². The topological polar surface area (TPSA) is 55.1 Å². The molecular formula is C19H24N2O. The zero-order valence-electron chi connectivity index (χ0n) is 13.5. The second kappa shape index (κ2) is 6.75. The van der Waals surface area contributed by atoms with Crippen LogP contribution >= 0.6 is 0 Å². The second-order valence-corrected chi connectivity index (χ2v) is 6.15. The zero-order chi connectivity index (χ0) is 16.2. The molecule has 2 aromatic rings. The van der Waals surface area contributed by atoms with Gasteiger partial charge in [0.25, 0.3) is 0 Å². The van der Waals surface area contributed by atoms with Crippen LogP contribution in [0.2, 0.25) is 0 Å². The maximum atomic E-state index is 12.4. The quantitative estimate of drug-likeness (QED) is 0.889. The minimum atomic E-state index is -1.03. The van der Waals surface area contributed by atoms with Gasteiger partial charge in [0.2, 0.25) is 5.91 Å². The van der Waals surface area contributed by atoms with Crippen LogP contribution in [0.3, 0.4) is 0 Å². The Kier molecular flexibility index (Phi) is 4.99. The van der Waals surface area contributed by atoms with Gasteiger partial charge in [0.15, 0.2) is 0 Å². The molecule has 22 heavy (non-hydrogen) atoms. The molecule has 3 nitrogen and oxygen atoms in total. The lowest BCUT2D eigenvalue weighted by Gasteiger charge is -2.24. The van der Waals surface area contributed by atoms with Crippen molar-refractivity contribution in [1.29, 1.82) is 0 Å². The summed E-state index contributed by atoms with van der Waals surface area (Å²) < 4.78 is 0. The molecule has 1 atom stereocenters. The van der Waals surface area contributed by atoms with Crippen LogP contribution in [0.25, 0.3) is 0 Å². The van der Waals surface area contributed by atoms with E-state index < -0.39 is 5.54 Å². The molecule has 0 bridgehead atoms. The summed E-state index contributed by atoms with van der Waals surface area (Å²) >= 11 is 0. The number of hydrogen-bond acceptors (Lipinski definition) is 2. The molecule has 0 aliphatic rings. The zero-order valence-corrected chi connectivity index (χ0v) is 13.5. The summed E-state index contributed by atoms with van der Waals surface area (Å²) in [5, 5.41) is 2.92. The number of rotatable bonds is 5. The lowest BCUT2D eigenvalue weighted by atomic mass is 9.92. The van der Waals surface area contributed by atoms with Crippen LogP contribution in [-0.4, -0.2) is 5.91 Å². The molecule has 0 saturated heterocycles. The van der Waals surface area contributed by atoms with E-state index in [1.165, 1.54) is 5.56 Å². The molecule has 116 valence electrons. The van der Waals surface area contributed by atoms with Gasteiger partial charge in [0, 0.05) is 6.54 Å². The Hall–Kier alpha value is -2.13. The van der Waals surface area contributed by atoms with E-state index in [0.717, 1.165) is 11.1 Å². The fourth-order valence-electron chi connectivity index (χ4n) is 2.30. The lowest BCUT2D eigenvalue weighted by molar-refractivity contribution is -0.126. The van der Waals surface area contributed by atoms with Gasteiger partial charge in [0.1, 0.15) is 5.54 Å². The molecule has 0 aliphatic carbocycles. The van der Waals surface area contributed by atoms with Crippen LogP contribution in [0.4, 0.5) is 0 Å². The van der Waals surface area contributed by atoms with Crippen molar-refractivity contribution in [3.63, 3.8) is 0 Å². The monoisotopic (exact) mass is 296 g/mol. The Morgan fingerprint density at radius 2 is 1.68 bits per heavy atom. The summed E-state index contributed by atoms with van der Waals surface area (Å²) in [4.78, 5) is 12.4. The molecule has 2 aromatic carbocycles. The lowest BCUT2D eigenvalue weighted by Crippen LogP contribution is -2.48. The van der Waals surface area contributed by atoms with Gasteiger partial charge in [-0.2, -0.15) is 0 Å². The van der Waals surface area contributed by atoms with Crippen LogP contribution < -0.4 is 11.1 Å². The summed E-state index contributed by atoms with van der Waals surface area (Å²) in [5.41, 5.74) is 8.34. The van der Waals surface area contributed by atoms with Gasteiger partial charge in [0.05, 0.1) is 0 Å². The smallest absolute Gasteiger partial charge is 0.244 e. The fourth-order valence-corrected chi connectivity index (χ4v) is 2.30. The molecule has 1 unspecified atom stereocenters. The van der Waals surface area contributed by atoms with Crippen molar-refractivity contribution in [2.24, 2.45) is 5.73 Å². The Balaban J connectivity index is 2.00. The molecule has 1 amide bonds. The number of carbonyl (C=O) groups is 1. The summed E-state index contributed by atoms with van der Waals surface area (Å²) in [6.07, 6.45) is 0. The second-order valence-electron chi connectivity index (χ2n) is 6.15. The first-order valence-electron chi connectivity index (χ1n) is 7.63. The van der Waals surface area contributed by atoms with Crippen molar-refractivity contribution < 1.29 is 4.79 Å².